The molecule has 0 aliphatic heterocycles. The van der Waals surface area contributed by atoms with Gasteiger partial charge in [0.15, 0.2) is 0 Å². The van der Waals surface area contributed by atoms with E-state index in [-0.39, 0.29) is 15.0 Å². The molecule has 1 heterocycles. The molecular formula is C15H12BrN3Se. The molecule has 0 spiro atoms. The molecule has 1 N–H and O–H groups in total. The molecular weight excluding hydrogens is 381 g/mol. The van der Waals surface area contributed by atoms with Crippen LogP contribution in [0.1, 0.15) is 23.6 Å². The quantitative estimate of drug-likeness (QED) is 0.677. The Balaban J connectivity index is 1.70. The summed E-state index contributed by atoms with van der Waals surface area (Å²) in [5, 5.41) is 3.66. The van der Waals surface area contributed by atoms with Gasteiger partial charge < -0.3 is 0 Å². The van der Waals surface area contributed by atoms with Crippen LogP contribution in [0.2, 0.25) is 0 Å². The minimum atomic E-state index is 0.0264. The van der Waals surface area contributed by atoms with Gasteiger partial charge >= 0.3 is 132 Å². The molecule has 4 rings (SSSR count). The predicted molar refractivity (Wildman–Crippen MR) is 85.3 cm³/mol. The van der Waals surface area contributed by atoms with Gasteiger partial charge in [0.2, 0.25) is 0 Å². The molecule has 0 bridgehead atoms. The Kier molecular flexibility index (Phi) is 3.14. The van der Waals surface area contributed by atoms with Gasteiger partial charge in [0.1, 0.15) is 0 Å². The van der Waals surface area contributed by atoms with Gasteiger partial charge in [-0.15, -0.1) is 0 Å². The SMILES string of the molecule is Brc1ccc2c(c1)CCC2Nc1cccc2n[se]nc12. The number of anilines is 1. The average Bonchev–Trinajstić information content (AvgIpc) is 3.06. The zero-order valence-corrected chi connectivity index (χ0v) is 13.9. The average molecular weight is 393 g/mol. The molecule has 5 heteroatoms. The normalized spacial score (nSPS) is 17.4. The molecule has 3 aromatic rings. The number of halogens is 1. The van der Waals surface area contributed by atoms with E-state index in [4.69, 9.17) is 0 Å². The van der Waals surface area contributed by atoms with Gasteiger partial charge in [0, 0.05) is 0 Å². The van der Waals surface area contributed by atoms with Crippen LogP contribution in [0.25, 0.3) is 11.0 Å². The first-order valence-electron chi connectivity index (χ1n) is 6.57. The van der Waals surface area contributed by atoms with Gasteiger partial charge in [0.25, 0.3) is 0 Å². The molecule has 1 aliphatic rings. The number of aryl methyl sites for hydroxylation is 1. The Hall–Kier alpha value is -1.16. The van der Waals surface area contributed by atoms with Gasteiger partial charge in [-0.1, -0.05) is 0 Å². The van der Waals surface area contributed by atoms with Crippen molar-refractivity contribution in [3.8, 4) is 0 Å². The molecule has 3 nitrogen and oxygen atoms in total. The summed E-state index contributed by atoms with van der Waals surface area (Å²) in [6, 6.07) is 13.2. The minimum absolute atomic E-state index is 0.0264. The Morgan fingerprint density at radius 1 is 1.20 bits per heavy atom. The van der Waals surface area contributed by atoms with Crippen LogP contribution in [0.15, 0.2) is 40.9 Å². The van der Waals surface area contributed by atoms with Crippen molar-refractivity contribution in [2.75, 3.05) is 5.32 Å². The van der Waals surface area contributed by atoms with Crippen LogP contribution >= 0.6 is 15.9 Å². The molecule has 1 unspecified atom stereocenters. The van der Waals surface area contributed by atoms with Crippen LogP contribution in [0, 0.1) is 0 Å². The molecule has 0 saturated carbocycles. The van der Waals surface area contributed by atoms with Crippen molar-refractivity contribution in [2.24, 2.45) is 0 Å². The molecule has 1 atom stereocenters. The Labute approximate surface area is 131 Å². The van der Waals surface area contributed by atoms with E-state index < -0.39 is 0 Å². The Morgan fingerprint density at radius 2 is 2.15 bits per heavy atom. The second kappa shape index (κ2) is 4.99. The van der Waals surface area contributed by atoms with E-state index in [1.54, 1.807) is 0 Å². The first-order chi connectivity index (χ1) is 9.81. The van der Waals surface area contributed by atoms with Gasteiger partial charge in [-0.2, -0.15) is 0 Å². The monoisotopic (exact) mass is 393 g/mol. The second-order valence-electron chi connectivity index (χ2n) is 5.02. The molecule has 2 aromatic carbocycles. The van der Waals surface area contributed by atoms with Crippen molar-refractivity contribution < 1.29 is 0 Å². The molecule has 0 radical (unpaired) electrons. The van der Waals surface area contributed by atoms with Crippen LogP contribution in [-0.2, 0) is 6.42 Å². The van der Waals surface area contributed by atoms with Crippen LogP contribution in [0.4, 0.5) is 5.69 Å². The number of rotatable bonds is 2. The van der Waals surface area contributed by atoms with Gasteiger partial charge in [-0.25, -0.2) is 0 Å². The van der Waals surface area contributed by atoms with Crippen molar-refractivity contribution in [3.05, 3.63) is 52.0 Å². The van der Waals surface area contributed by atoms with Crippen molar-refractivity contribution >= 4 is 47.6 Å². The predicted octanol–water partition coefficient (Wildman–Crippen LogP) is 3.55. The number of hydrogen-bond acceptors (Lipinski definition) is 3. The van der Waals surface area contributed by atoms with E-state index in [1.807, 2.05) is 6.07 Å². The summed E-state index contributed by atoms with van der Waals surface area (Å²) in [4.78, 5) is 0. The maximum atomic E-state index is 4.54. The van der Waals surface area contributed by atoms with Crippen molar-refractivity contribution in [1.82, 2.24) is 7.96 Å². The molecule has 0 saturated heterocycles. The number of fused-ring (bicyclic) bond motifs is 2. The third-order valence-corrected chi connectivity index (χ3v) is 5.43. The molecule has 100 valence electrons. The Morgan fingerprint density at radius 3 is 3.10 bits per heavy atom. The topological polar surface area (TPSA) is 37.8 Å². The summed E-state index contributed by atoms with van der Waals surface area (Å²) in [7, 11) is 0. The first-order valence-corrected chi connectivity index (χ1v) is 8.90. The number of nitrogens with zero attached hydrogens (tertiary/aromatic N) is 2. The van der Waals surface area contributed by atoms with E-state index in [2.05, 4.69) is 59.5 Å². The van der Waals surface area contributed by atoms with Crippen molar-refractivity contribution in [2.45, 2.75) is 18.9 Å². The molecule has 1 aromatic heterocycles. The third-order valence-electron chi connectivity index (χ3n) is 3.80. The number of benzene rings is 2. The molecule has 0 fully saturated rings. The van der Waals surface area contributed by atoms with E-state index >= 15 is 0 Å². The zero-order valence-electron chi connectivity index (χ0n) is 10.6. The van der Waals surface area contributed by atoms with Crippen LogP contribution in [-0.4, -0.2) is 22.9 Å². The summed E-state index contributed by atoms with van der Waals surface area (Å²) in [6.45, 7) is 0. The van der Waals surface area contributed by atoms with E-state index in [0.717, 1.165) is 34.0 Å². The second-order valence-corrected chi connectivity index (χ2v) is 7.04. The third kappa shape index (κ3) is 2.10. The molecule has 20 heavy (non-hydrogen) atoms. The fourth-order valence-electron chi connectivity index (χ4n) is 2.85. The van der Waals surface area contributed by atoms with Crippen molar-refractivity contribution in [1.29, 1.82) is 0 Å². The van der Waals surface area contributed by atoms with Gasteiger partial charge in [0.05, 0.1) is 0 Å². The Bertz CT molecular complexity index is 784. The summed E-state index contributed by atoms with van der Waals surface area (Å²) >= 11 is 3.57. The maximum absolute atomic E-state index is 4.54. The van der Waals surface area contributed by atoms with E-state index in [1.165, 1.54) is 11.1 Å². The molecule has 1 aliphatic carbocycles. The van der Waals surface area contributed by atoms with Gasteiger partial charge in [-0.3, -0.25) is 0 Å². The van der Waals surface area contributed by atoms with Crippen LogP contribution < -0.4 is 5.32 Å². The fraction of sp³-hybridized carbons (Fsp3) is 0.200. The first kappa shape index (κ1) is 12.6. The summed E-state index contributed by atoms with van der Waals surface area (Å²) in [5.41, 5.74) is 6.04. The number of hydrogen-bond donors (Lipinski definition) is 1. The summed E-state index contributed by atoms with van der Waals surface area (Å²) in [5.74, 6) is 0. The fourth-order valence-corrected chi connectivity index (χ4v) is 4.41. The standard InChI is InChI=1S/C15H12BrN3Se/c16-10-5-6-11-9(8-10)4-7-12(11)17-13-2-1-3-14-15(13)19-20-18-14/h1-3,5-6,8,12,17H,4,7H2. The van der Waals surface area contributed by atoms with E-state index in [0.29, 0.717) is 6.04 Å². The molecule has 0 amide bonds. The van der Waals surface area contributed by atoms with Crippen LogP contribution in [0.5, 0.6) is 0 Å². The van der Waals surface area contributed by atoms with E-state index in [9.17, 15) is 0 Å². The summed E-state index contributed by atoms with van der Waals surface area (Å²) < 4.78 is 10.1. The summed E-state index contributed by atoms with van der Waals surface area (Å²) in [6.07, 6.45) is 2.27. The zero-order chi connectivity index (χ0) is 13.5. The van der Waals surface area contributed by atoms with Gasteiger partial charge in [-0.05, 0) is 0 Å². The number of nitrogens with one attached hydrogen (secondary N) is 1. The number of aromatic nitrogens is 2. The van der Waals surface area contributed by atoms with Crippen LogP contribution in [0.3, 0.4) is 0 Å². The van der Waals surface area contributed by atoms with Crippen molar-refractivity contribution in [3.63, 3.8) is 0 Å².